The minimum absolute atomic E-state index is 0.0887. The van der Waals surface area contributed by atoms with E-state index in [1.807, 2.05) is 13.0 Å². The van der Waals surface area contributed by atoms with Gasteiger partial charge >= 0.3 is 0 Å². The number of hydrogen-bond donors (Lipinski definition) is 2. The molecule has 0 spiro atoms. The molecule has 7 heteroatoms. The molecule has 0 aliphatic heterocycles. The van der Waals surface area contributed by atoms with Crippen LogP contribution in [0.1, 0.15) is 30.5 Å². The monoisotopic (exact) mass is 394 g/mol. The van der Waals surface area contributed by atoms with Gasteiger partial charge in [-0.3, -0.25) is 14.6 Å². The number of carbonyl (C=O) groups is 1. The summed E-state index contributed by atoms with van der Waals surface area (Å²) in [5, 5.41) is 2.83. The van der Waals surface area contributed by atoms with Crippen LogP contribution in [0.3, 0.4) is 0 Å². The highest BCUT2D eigenvalue weighted by Crippen LogP contribution is 2.27. The average Bonchev–Trinajstić information content (AvgIpc) is 2.67. The molecule has 0 atom stereocenters. The third kappa shape index (κ3) is 4.56. The minimum atomic E-state index is -0.501. The maximum atomic E-state index is 14.7. The second-order valence-electron chi connectivity index (χ2n) is 7.28. The first-order valence-corrected chi connectivity index (χ1v) is 9.36. The van der Waals surface area contributed by atoms with Crippen molar-refractivity contribution in [2.24, 2.45) is 5.92 Å². The lowest BCUT2D eigenvalue weighted by Crippen LogP contribution is -2.27. The van der Waals surface area contributed by atoms with Crippen LogP contribution >= 0.6 is 0 Å². The molecule has 0 radical (unpaired) electrons. The molecule has 0 fully saturated rings. The molecule has 2 heterocycles. The first-order chi connectivity index (χ1) is 13.8. The summed E-state index contributed by atoms with van der Waals surface area (Å²) in [5.74, 6) is -0.610. The number of halogens is 1. The number of pyridine rings is 1. The number of benzene rings is 1. The van der Waals surface area contributed by atoms with E-state index in [9.17, 15) is 14.0 Å². The quantitative estimate of drug-likeness (QED) is 0.693. The minimum Gasteiger partial charge on any atom is -0.352 e. The van der Waals surface area contributed by atoms with Gasteiger partial charge in [-0.05, 0) is 42.7 Å². The van der Waals surface area contributed by atoms with Crippen molar-refractivity contribution in [3.63, 3.8) is 0 Å². The van der Waals surface area contributed by atoms with Crippen molar-refractivity contribution in [1.82, 2.24) is 20.3 Å². The van der Waals surface area contributed by atoms with E-state index >= 15 is 0 Å². The Morgan fingerprint density at radius 3 is 2.59 bits per heavy atom. The second kappa shape index (κ2) is 8.34. The number of H-pyrrole nitrogens is 1. The first-order valence-electron chi connectivity index (χ1n) is 9.36. The zero-order valence-corrected chi connectivity index (χ0v) is 16.8. The third-order valence-electron chi connectivity index (χ3n) is 4.66. The van der Waals surface area contributed by atoms with Gasteiger partial charge in [0, 0.05) is 24.7 Å². The molecule has 2 aromatic heterocycles. The Balaban J connectivity index is 2.04. The average molecular weight is 394 g/mol. The first kappa shape index (κ1) is 20.4. The van der Waals surface area contributed by atoms with Crippen LogP contribution < -0.4 is 10.9 Å². The fourth-order valence-electron chi connectivity index (χ4n) is 2.92. The molecule has 3 rings (SSSR count). The van der Waals surface area contributed by atoms with Gasteiger partial charge in [0.2, 0.25) is 5.91 Å². The van der Waals surface area contributed by atoms with Crippen LogP contribution in [0.15, 0.2) is 41.3 Å². The van der Waals surface area contributed by atoms with Gasteiger partial charge in [-0.25, -0.2) is 9.37 Å². The van der Waals surface area contributed by atoms with Crippen molar-refractivity contribution in [1.29, 1.82) is 0 Å². The van der Waals surface area contributed by atoms with E-state index in [0.717, 1.165) is 11.1 Å². The molecule has 0 aliphatic rings. The SMILES string of the molecule is Cc1ccc(-c2cc(=O)[nH]c(-c3c(F)ccc(CNC(=O)C(C)C)c3C)n2)nc1. The predicted molar refractivity (Wildman–Crippen MR) is 110 cm³/mol. The van der Waals surface area contributed by atoms with Crippen LogP contribution in [0.4, 0.5) is 4.39 Å². The zero-order chi connectivity index (χ0) is 21.1. The number of amides is 1. The summed E-state index contributed by atoms with van der Waals surface area (Å²) in [6.07, 6.45) is 1.68. The summed E-state index contributed by atoms with van der Waals surface area (Å²) in [7, 11) is 0. The number of aromatic nitrogens is 3. The van der Waals surface area contributed by atoms with Gasteiger partial charge < -0.3 is 10.3 Å². The Kier molecular flexibility index (Phi) is 5.87. The molecule has 3 aromatic rings. The number of carbonyl (C=O) groups excluding carboxylic acids is 1. The highest BCUT2D eigenvalue weighted by molar-refractivity contribution is 5.78. The van der Waals surface area contributed by atoms with Crippen molar-refractivity contribution >= 4 is 5.91 Å². The van der Waals surface area contributed by atoms with Gasteiger partial charge in [-0.15, -0.1) is 0 Å². The van der Waals surface area contributed by atoms with Crippen molar-refractivity contribution < 1.29 is 9.18 Å². The van der Waals surface area contributed by atoms with E-state index in [1.165, 1.54) is 12.1 Å². The molecular weight excluding hydrogens is 371 g/mol. The second-order valence-corrected chi connectivity index (χ2v) is 7.28. The van der Waals surface area contributed by atoms with E-state index in [-0.39, 0.29) is 29.8 Å². The highest BCUT2D eigenvalue weighted by Gasteiger charge is 2.17. The van der Waals surface area contributed by atoms with E-state index in [2.05, 4.69) is 20.3 Å². The standard InChI is InChI=1S/C22H23FN4O2/c1-12(2)22(29)25-11-15-6-7-16(23)20(14(15)4)21-26-18(9-19(28)27-21)17-8-5-13(3)10-24-17/h5-10,12H,11H2,1-4H3,(H,25,29)(H,26,27,28). The number of hydrogen-bond acceptors (Lipinski definition) is 4. The van der Waals surface area contributed by atoms with Gasteiger partial charge in [0.15, 0.2) is 0 Å². The van der Waals surface area contributed by atoms with Crippen LogP contribution in [0, 0.1) is 25.6 Å². The summed E-state index contributed by atoms with van der Waals surface area (Å²) in [5.41, 5.74) is 3.03. The number of aromatic amines is 1. The van der Waals surface area contributed by atoms with Crippen LogP contribution in [-0.4, -0.2) is 20.9 Å². The Bertz CT molecular complexity index is 1100. The molecule has 0 unspecified atom stereocenters. The van der Waals surface area contributed by atoms with E-state index < -0.39 is 11.4 Å². The van der Waals surface area contributed by atoms with E-state index in [4.69, 9.17) is 0 Å². The van der Waals surface area contributed by atoms with Crippen molar-refractivity contribution in [3.8, 4) is 22.8 Å². The summed E-state index contributed by atoms with van der Waals surface area (Å²) in [6.45, 7) is 7.52. The summed E-state index contributed by atoms with van der Waals surface area (Å²) >= 11 is 0. The van der Waals surface area contributed by atoms with Gasteiger partial charge in [0.05, 0.1) is 17.0 Å². The maximum absolute atomic E-state index is 14.7. The Hall–Kier alpha value is -3.35. The lowest BCUT2D eigenvalue weighted by atomic mass is 10.0. The van der Waals surface area contributed by atoms with Gasteiger partial charge in [-0.1, -0.05) is 26.0 Å². The van der Waals surface area contributed by atoms with Crippen molar-refractivity contribution in [2.75, 3.05) is 0 Å². The van der Waals surface area contributed by atoms with Crippen LogP contribution in [0.2, 0.25) is 0 Å². The molecule has 2 N–H and O–H groups in total. The topological polar surface area (TPSA) is 87.7 Å². The molecule has 1 amide bonds. The van der Waals surface area contributed by atoms with Crippen LogP contribution in [0.5, 0.6) is 0 Å². The normalized spacial score (nSPS) is 11.0. The largest absolute Gasteiger partial charge is 0.352 e. The molecular formula is C22H23FN4O2. The fourth-order valence-corrected chi connectivity index (χ4v) is 2.92. The summed E-state index contributed by atoms with van der Waals surface area (Å²) in [6, 6.07) is 7.91. The number of rotatable bonds is 5. The molecule has 29 heavy (non-hydrogen) atoms. The lowest BCUT2D eigenvalue weighted by molar-refractivity contribution is -0.124. The number of nitrogens with zero attached hydrogens (tertiary/aromatic N) is 2. The Morgan fingerprint density at radius 1 is 1.17 bits per heavy atom. The maximum Gasteiger partial charge on any atom is 0.251 e. The summed E-state index contributed by atoms with van der Waals surface area (Å²) in [4.78, 5) is 35.4. The Labute approximate surface area is 168 Å². The molecule has 150 valence electrons. The molecule has 1 aromatic carbocycles. The smallest absolute Gasteiger partial charge is 0.251 e. The van der Waals surface area contributed by atoms with E-state index in [0.29, 0.717) is 17.0 Å². The molecule has 0 saturated heterocycles. The molecule has 6 nitrogen and oxygen atoms in total. The lowest BCUT2D eigenvalue weighted by Gasteiger charge is -2.14. The number of nitrogens with one attached hydrogen (secondary N) is 2. The van der Waals surface area contributed by atoms with Gasteiger partial charge in [-0.2, -0.15) is 0 Å². The fraction of sp³-hybridized carbons (Fsp3) is 0.273. The molecule has 0 saturated carbocycles. The van der Waals surface area contributed by atoms with Crippen molar-refractivity contribution in [2.45, 2.75) is 34.2 Å². The molecule has 0 aliphatic carbocycles. The van der Waals surface area contributed by atoms with Gasteiger partial charge in [0.25, 0.3) is 5.56 Å². The van der Waals surface area contributed by atoms with Crippen LogP contribution in [-0.2, 0) is 11.3 Å². The third-order valence-corrected chi connectivity index (χ3v) is 4.66. The van der Waals surface area contributed by atoms with Crippen molar-refractivity contribution in [3.05, 3.63) is 69.4 Å². The zero-order valence-electron chi connectivity index (χ0n) is 16.8. The highest BCUT2D eigenvalue weighted by atomic mass is 19.1. The summed E-state index contributed by atoms with van der Waals surface area (Å²) < 4.78 is 14.7. The number of aryl methyl sites for hydroxylation is 1. The van der Waals surface area contributed by atoms with Crippen LogP contribution in [0.25, 0.3) is 22.8 Å². The van der Waals surface area contributed by atoms with Gasteiger partial charge in [0.1, 0.15) is 11.6 Å². The Morgan fingerprint density at radius 2 is 1.93 bits per heavy atom. The molecule has 0 bridgehead atoms. The van der Waals surface area contributed by atoms with E-state index in [1.54, 1.807) is 39.1 Å². The predicted octanol–water partition coefficient (Wildman–Crippen LogP) is 3.53.